The van der Waals surface area contributed by atoms with Crippen LogP contribution in [0.15, 0.2) is 19.6 Å². The minimum atomic E-state index is -1.36. The lowest BCUT2D eigenvalue weighted by Crippen LogP contribution is -2.30. The topological polar surface area (TPSA) is 116 Å². The number of nitrogens with zero attached hydrogens (tertiary/aromatic N) is 1. The van der Waals surface area contributed by atoms with Gasteiger partial charge in [0, 0.05) is 0 Å². The van der Waals surface area contributed by atoms with Crippen LogP contribution in [0.2, 0.25) is 0 Å². The molecule has 0 saturated carbocycles. The summed E-state index contributed by atoms with van der Waals surface area (Å²) in [5, 5.41) is 2.16. The van der Waals surface area contributed by atoms with E-state index in [1.54, 1.807) is 0 Å². The third-order valence-electron chi connectivity index (χ3n) is 1.26. The second-order valence-corrected chi connectivity index (χ2v) is 1.87. The molecule has 0 aliphatic rings. The molecule has 1 aromatic carbocycles. The molecule has 1 rings (SSSR count). The van der Waals surface area contributed by atoms with E-state index in [-0.39, 0.29) is 0 Å². The molecule has 0 aromatic heterocycles. The molecular weight excluding hydrogens is 168 g/mol. The SMILES string of the molecule is NOc1c(N=O)c(=O)c(=O)c1=O. The van der Waals surface area contributed by atoms with Crippen LogP contribution in [0.3, 0.4) is 0 Å². The van der Waals surface area contributed by atoms with Gasteiger partial charge in [-0.1, -0.05) is 0 Å². The molecular formula is C5H2N2O5. The van der Waals surface area contributed by atoms with Crippen molar-refractivity contribution in [2.24, 2.45) is 11.1 Å². The van der Waals surface area contributed by atoms with E-state index in [2.05, 4.69) is 15.9 Å². The largest absolute Gasteiger partial charge is 0.405 e. The molecule has 1 aromatic rings. The molecule has 0 aliphatic heterocycles. The third-order valence-corrected chi connectivity index (χ3v) is 1.26. The first-order valence-electron chi connectivity index (χ1n) is 2.71. The molecule has 62 valence electrons. The fourth-order valence-electron chi connectivity index (χ4n) is 0.717. The minimum absolute atomic E-state index is 0.792. The van der Waals surface area contributed by atoms with Gasteiger partial charge in [0.1, 0.15) is 0 Å². The summed E-state index contributed by atoms with van der Waals surface area (Å²) in [6, 6.07) is 0. The summed E-state index contributed by atoms with van der Waals surface area (Å²) in [7, 11) is 0. The monoisotopic (exact) mass is 170 g/mol. The Bertz CT molecular complexity index is 455. The Hall–Kier alpha value is -1.89. The zero-order valence-corrected chi connectivity index (χ0v) is 5.57. The van der Waals surface area contributed by atoms with Gasteiger partial charge in [-0.05, 0) is 5.18 Å². The van der Waals surface area contributed by atoms with E-state index in [1.165, 1.54) is 0 Å². The summed E-state index contributed by atoms with van der Waals surface area (Å²) in [5.74, 6) is 3.74. The number of hydrogen-bond acceptors (Lipinski definition) is 7. The van der Waals surface area contributed by atoms with E-state index in [0.717, 1.165) is 0 Å². The second kappa shape index (κ2) is 2.62. The number of nitrogens with two attached hydrogens (primary N) is 1. The van der Waals surface area contributed by atoms with Crippen molar-refractivity contribution in [3.63, 3.8) is 0 Å². The Balaban J connectivity index is 3.80. The zero-order valence-electron chi connectivity index (χ0n) is 5.57. The summed E-state index contributed by atoms with van der Waals surface area (Å²) in [6.07, 6.45) is 0. The average molecular weight is 170 g/mol. The Kier molecular flexibility index (Phi) is 1.80. The average Bonchev–Trinajstić information content (AvgIpc) is 2.29. The van der Waals surface area contributed by atoms with Gasteiger partial charge in [-0.3, -0.25) is 14.4 Å². The second-order valence-electron chi connectivity index (χ2n) is 1.87. The molecule has 7 heteroatoms. The summed E-state index contributed by atoms with van der Waals surface area (Å²) >= 11 is 0. The molecule has 0 spiro atoms. The minimum Gasteiger partial charge on any atom is -0.405 e. The van der Waals surface area contributed by atoms with Gasteiger partial charge in [0.15, 0.2) is 0 Å². The molecule has 12 heavy (non-hydrogen) atoms. The fourth-order valence-corrected chi connectivity index (χ4v) is 0.717. The fraction of sp³-hybridized carbons (Fsp3) is 0. The molecule has 0 amide bonds. The van der Waals surface area contributed by atoms with Crippen molar-refractivity contribution in [1.29, 1.82) is 0 Å². The Morgan fingerprint density at radius 1 is 1.08 bits per heavy atom. The normalized spacial score (nSPS) is 9.75. The van der Waals surface area contributed by atoms with Crippen LogP contribution >= 0.6 is 0 Å². The number of rotatable bonds is 2. The van der Waals surface area contributed by atoms with Gasteiger partial charge < -0.3 is 4.84 Å². The molecule has 0 unspecified atom stereocenters. The summed E-state index contributed by atoms with van der Waals surface area (Å²) in [6.45, 7) is 0. The van der Waals surface area contributed by atoms with E-state index < -0.39 is 27.7 Å². The van der Waals surface area contributed by atoms with Crippen molar-refractivity contribution in [2.45, 2.75) is 0 Å². The quantitative estimate of drug-likeness (QED) is 0.321. The van der Waals surface area contributed by atoms with Crippen molar-refractivity contribution in [1.82, 2.24) is 0 Å². The van der Waals surface area contributed by atoms with Crippen LogP contribution in [0.5, 0.6) is 5.75 Å². The maximum atomic E-state index is 10.7. The first-order chi connectivity index (χ1) is 5.63. The van der Waals surface area contributed by atoms with Gasteiger partial charge in [-0.15, -0.1) is 4.91 Å². The van der Waals surface area contributed by atoms with Gasteiger partial charge in [-0.25, -0.2) is 0 Å². The van der Waals surface area contributed by atoms with Gasteiger partial charge >= 0.3 is 0 Å². The van der Waals surface area contributed by atoms with Gasteiger partial charge in [0.25, 0.3) is 16.3 Å². The van der Waals surface area contributed by atoms with E-state index >= 15 is 0 Å². The summed E-state index contributed by atoms with van der Waals surface area (Å²) in [4.78, 5) is 45.7. The van der Waals surface area contributed by atoms with Crippen molar-refractivity contribution in [3.05, 3.63) is 35.6 Å². The molecule has 7 nitrogen and oxygen atoms in total. The maximum absolute atomic E-state index is 10.7. The summed E-state index contributed by atoms with van der Waals surface area (Å²) in [5.41, 5.74) is -4.75. The number of nitroso groups, excluding NO2 is 1. The van der Waals surface area contributed by atoms with Crippen LogP contribution in [-0.4, -0.2) is 0 Å². The van der Waals surface area contributed by atoms with Crippen LogP contribution in [0.1, 0.15) is 0 Å². The first kappa shape index (κ1) is 8.21. The van der Waals surface area contributed by atoms with E-state index in [1.807, 2.05) is 0 Å². The van der Waals surface area contributed by atoms with Crippen molar-refractivity contribution in [2.75, 3.05) is 0 Å². The van der Waals surface area contributed by atoms with Crippen LogP contribution in [0.4, 0.5) is 5.69 Å². The predicted octanol–water partition coefficient (Wildman–Crippen LogP) is -1.71. The standard InChI is InChI=1S/C5H2N2O5/c6-12-5-1(7-11)2(8)3(9)4(5)10/h6H2. The van der Waals surface area contributed by atoms with Gasteiger partial charge in [0.2, 0.25) is 11.4 Å². The first-order valence-corrected chi connectivity index (χ1v) is 2.71. The lowest BCUT2D eigenvalue weighted by molar-refractivity contribution is 0.333. The van der Waals surface area contributed by atoms with E-state index in [9.17, 15) is 19.3 Å². The molecule has 0 fully saturated rings. The van der Waals surface area contributed by atoms with Crippen LogP contribution < -0.4 is 27.0 Å². The zero-order chi connectivity index (χ0) is 9.30. The molecule has 0 aliphatic carbocycles. The van der Waals surface area contributed by atoms with Crippen molar-refractivity contribution >= 4 is 5.69 Å². The smallest absolute Gasteiger partial charge is 0.279 e. The Labute approximate surface area is 64.0 Å². The lowest BCUT2D eigenvalue weighted by atomic mass is 10.5. The molecule has 2 N–H and O–H groups in total. The highest BCUT2D eigenvalue weighted by Gasteiger charge is 2.21. The molecule has 0 saturated heterocycles. The molecule has 0 atom stereocenters. The molecule has 0 heterocycles. The molecule has 0 bridgehead atoms. The highest BCUT2D eigenvalue weighted by molar-refractivity contribution is 5.52. The van der Waals surface area contributed by atoms with Crippen LogP contribution in [0, 0.1) is 4.91 Å². The molecule has 0 radical (unpaired) electrons. The lowest BCUT2D eigenvalue weighted by Gasteiger charge is -1.88. The highest BCUT2D eigenvalue weighted by Crippen LogP contribution is 2.14. The number of hydrogen-bond donors (Lipinski definition) is 1. The van der Waals surface area contributed by atoms with E-state index in [0.29, 0.717) is 0 Å². The van der Waals surface area contributed by atoms with Crippen LogP contribution in [-0.2, 0) is 0 Å². The van der Waals surface area contributed by atoms with Crippen LogP contribution in [0.25, 0.3) is 0 Å². The van der Waals surface area contributed by atoms with E-state index in [4.69, 9.17) is 0 Å². The maximum Gasteiger partial charge on any atom is 0.279 e. The van der Waals surface area contributed by atoms with Gasteiger partial charge in [0.05, 0.1) is 0 Å². The summed E-state index contributed by atoms with van der Waals surface area (Å²) < 4.78 is 0. The van der Waals surface area contributed by atoms with Crippen molar-refractivity contribution < 1.29 is 4.84 Å². The Morgan fingerprint density at radius 2 is 1.67 bits per heavy atom. The van der Waals surface area contributed by atoms with Crippen molar-refractivity contribution in [3.8, 4) is 5.75 Å². The third kappa shape index (κ3) is 0.839. The van der Waals surface area contributed by atoms with Gasteiger partial charge in [-0.2, -0.15) is 5.90 Å². The highest BCUT2D eigenvalue weighted by atomic mass is 16.6. The predicted molar refractivity (Wildman–Crippen MR) is 37.9 cm³/mol. The Morgan fingerprint density at radius 3 is 2.00 bits per heavy atom.